The lowest BCUT2D eigenvalue weighted by molar-refractivity contribution is -0.121. The van der Waals surface area contributed by atoms with Gasteiger partial charge in [0.15, 0.2) is 0 Å². The topological polar surface area (TPSA) is 77.1 Å². The molecule has 0 saturated heterocycles. The van der Waals surface area contributed by atoms with E-state index in [0.29, 0.717) is 6.54 Å². The summed E-state index contributed by atoms with van der Waals surface area (Å²) in [7, 11) is 0. The standard InChI is InChI=1S/C15H15N3O3S3/c19-13(16-5-8-22-10-11-3-1-6-23-11)9-18-15(20)21-14(17-18)12-4-2-7-24-12/h1-4,6-7H,5,8-10H2,(H,16,19). The van der Waals surface area contributed by atoms with Crippen LogP contribution in [0, 0.1) is 0 Å². The molecule has 0 aliphatic heterocycles. The van der Waals surface area contributed by atoms with Crippen LogP contribution in [-0.4, -0.2) is 28.0 Å². The molecule has 0 bridgehead atoms. The quantitative estimate of drug-likeness (QED) is 0.607. The number of nitrogens with one attached hydrogen (secondary N) is 1. The van der Waals surface area contributed by atoms with Crippen molar-refractivity contribution in [2.45, 2.75) is 12.3 Å². The molecule has 126 valence electrons. The van der Waals surface area contributed by atoms with Crippen molar-refractivity contribution in [1.82, 2.24) is 15.1 Å². The first-order valence-electron chi connectivity index (χ1n) is 7.21. The molecule has 0 radical (unpaired) electrons. The average Bonchev–Trinajstić information content (AvgIpc) is 3.29. The summed E-state index contributed by atoms with van der Waals surface area (Å²) in [5.74, 6) is 1.13. The Morgan fingerprint density at radius 1 is 1.29 bits per heavy atom. The van der Waals surface area contributed by atoms with Crippen molar-refractivity contribution in [2.75, 3.05) is 12.3 Å². The first-order valence-corrected chi connectivity index (χ1v) is 10.1. The Labute approximate surface area is 150 Å². The number of aromatic nitrogens is 2. The number of thioether (sulfide) groups is 1. The second kappa shape index (κ2) is 8.32. The van der Waals surface area contributed by atoms with Gasteiger partial charge in [-0.1, -0.05) is 12.1 Å². The van der Waals surface area contributed by atoms with Gasteiger partial charge in [0.2, 0.25) is 5.91 Å². The molecule has 0 aliphatic rings. The number of carbonyl (C=O) groups excluding carboxylic acids is 1. The summed E-state index contributed by atoms with van der Waals surface area (Å²) in [6.07, 6.45) is 0. The number of rotatable bonds is 8. The maximum atomic E-state index is 11.9. The van der Waals surface area contributed by atoms with Gasteiger partial charge in [0.25, 0.3) is 5.89 Å². The van der Waals surface area contributed by atoms with E-state index >= 15 is 0 Å². The molecule has 0 aromatic carbocycles. The number of thiophene rings is 2. The number of carbonyl (C=O) groups is 1. The summed E-state index contributed by atoms with van der Waals surface area (Å²) in [6, 6.07) is 7.78. The van der Waals surface area contributed by atoms with Crippen LogP contribution in [0.15, 0.2) is 44.2 Å². The molecule has 3 heterocycles. The van der Waals surface area contributed by atoms with Gasteiger partial charge in [-0.2, -0.15) is 16.4 Å². The predicted molar refractivity (Wildman–Crippen MR) is 97.6 cm³/mol. The fraction of sp³-hybridized carbons (Fsp3) is 0.267. The van der Waals surface area contributed by atoms with Crippen LogP contribution in [0.5, 0.6) is 0 Å². The van der Waals surface area contributed by atoms with Crippen molar-refractivity contribution in [2.24, 2.45) is 0 Å². The average molecular weight is 382 g/mol. The van der Waals surface area contributed by atoms with Gasteiger partial charge in [-0.25, -0.2) is 4.79 Å². The van der Waals surface area contributed by atoms with Crippen LogP contribution in [0.1, 0.15) is 4.88 Å². The predicted octanol–water partition coefficient (Wildman–Crippen LogP) is 2.68. The molecule has 0 fully saturated rings. The summed E-state index contributed by atoms with van der Waals surface area (Å²) in [4.78, 5) is 25.7. The molecule has 3 aromatic rings. The van der Waals surface area contributed by atoms with E-state index in [0.717, 1.165) is 21.1 Å². The SMILES string of the molecule is O=C(Cn1nc(-c2cccs2)oc1=O)NCCSCc1cccs1. The van der Waals surface area contributed by atoms with Crippen molar-refractivity contribution in [3.8, 4) is 10.8 Å². The van der Waals surface area contributed by atoms with Gasteiger partial charge in [0, 0.05) is 22.9 Å². The Morgan fingerprint density at radius 3 is 2.88 bits per heavy atom. The monoisotopic (exact) mass is 381 g/mol. The molecule has 0 unspecified atom stereocenters. The second-order valence-corrected chi connectivity index (χ2v) is 7.88. The number of amides is 1. The van der Waals surface area contributed by atoms with E-state index in [4.69, 9.17) is 4.42 Å². The fourth-order valence-corrected chi connectivity index (χ4v) is 4.27. The lowest BCUT2D eigenvalue weighted by Crippen LogP contribution is -2.32. The molecule has 0 atom stereocenters. The van der Waals surface area contributed by atoms with Crippen molar-refractivity contribution in [1.29, 1.82) is 0 Å². The Morgan fingerprint density at radius 2 is 2.12 bits per heavy atom. The van der Waals surface area contributed by atoms with Crippen LogP contribution < -0.4 is 11.1 Å². The van der Waals surface area contributed by atoms with Gasteiger partial charge in [-0.05, 0) is 22.9 Å². The van der Waals surface area contributed by atoms with Crippen molar-refractivity contribution < 1.29 is 9.21 Å². The lowest BCUT2D eigenvalue weighted by atomic mass is 10.5. The molecule has 9 heteroatoms. The van der Waals surface area contributed by atoms with E-state index < -0.39 is 5.76 Å². The van der Waals surface area contributed by atoms with Crippen molar-refractivity contribution in [3.05, 3.63) is 50.5 Å². The smallest absolute Gasteiger partial charge is 0.387 e. The molecule has 1 amide bonds. The van der Waals surface area contributed by atoms with Crippen LogP contribution in [0.2, 0.25) is 0 Å². The molecule has 24 heavy (non-hydrogen) atoms. The van der Waals surface area contributed by atoms with Crippen LogP contribution >= 0.6 is 34.4 Å². The van der Waals surface area contributed by atoms with Crippen LogP contribution in [0.4, 0.5) is 0 Å². The Bertz CT molecular complexity index is 822. The minimum Gasteiger partial charge on any atom is -0.387 e. The van der Waals surface area contributed by atoms with Gasteiger partial charge in [0.1, 0.15) is 6.54 Å². The van der Waals surface area contributed by atoms with Gasteiger partial charge in [-0.15, -0.1) is 27.8 Å². The maximum Gasteiger partial charge on any atom is 0.437 e. The molecule has 0 spiro atoms. The highest BCUT2D eigenvalue weighted by atomic mass is 32.2. The van der Waals surface area contributed by atoms with E-state index in [-0.39, 0.29) is 18.3 Å². The Balaban J connectivity index is 1.42. The number of hydrogen-bond acceptors (Lipinski definition) is 7. The number of hydrogen-bond donors (Lipinski definition) is 1. The molecular formula is C15H15N3O3S3. The molecule has 3 rings (SSSR count). The second-order valence-electron chi connectivity index (χ2n) is 4.79. The first kappa shape index (κ1) is 17.0. The van der Waals surface area contributed by atoms with E-state index in [1.165, 1.54) is 16.2 Å². The van der Waals surface area contributed by atoms with Crippen molar-refractivity contribution >= 4 is 40.3 Å². The van der Waals surface area contributed by atoms with E-state index in [1.807, 2.05) is 23.6 Å². The molecule has 0 saturated carbocycles. The van der Waals surface area contributed by atoms with Crippen LogP contribution in [0.3, 0.4) is 0 Å². The minimum atomic E-state index is -0.624. The molecule has 0 aliphatic carbocycles. The normalized spacial score (nSPS) is 10.8. The largest absolute Gasteiger partial charge is 0.437 e. The molecular weight excluding hydrogens is 366 g/mol. The van der Waals surface area contributed by atoms with Gasteiger partial charge >= 0.3 is 5.76 Å². The third-order valence-electron chi connectivity index (χ3n) is 3.02. The summed E-state index contributed by atoms with van der Waals surface area (Å²) in [5, 5.41) is 10.8. The highest BCUT2D eigenvalue weighted by Gasteiger charge is 2.13. The molecule has 1 N–H and O–H groups in total. The molecule has 6 nitrogen and oxygen atoms in total. The van der Waals surface area contributed by atoms with E-state index in [1.54, 1.807) is 23.1 Å². The van der Waals surface area contributed by atoms with E-state index in [9.17, 15) is 9.59 Å². The molecule has 3 aromatic heterocycles. The summed E-state index contributed by atoms with van der Waals surface area (Å²) in [5.41, 5.74) is 0. The zero-order chi connectivity index (χ0) is 16.8. The zero-order valence-corrected chi connectivity index (χ0v) is 15.1. The summed E-state index contributed by atoms with van der Waals surface area (Å²) in [6.45, 7) is 0.419. The maximum absolute atomic E-state index is 11.9. The minimum absolute atomic E-state index is 0.136. The number of nitrogens with zero attached hydrogens (tertiary/aromatic N) is 2. The fourth-order valence-electron chi connectivity index (χ4n) is 1.93. The summed E-state index contributed by atoms with van der Waals surface area (Å²) < 4.78 is 6.11. The highest BCUT2D eigenvalue weighted by molar-refractivity contribution is 7.98. The van der Waals surface area contributed by atoms with Gasteiger partial charge in [-0.3, -0.25) is 4.79 Å². The first-order chi connectivity index (χ1) is 11.7. The third-order valence-corrected chi connectivity index (χ3v) is 5.95. The summed E-state index contributed by atoms with van der Waals surface area (Å²) >= 11 is 4.91. The van der Waals surface area contributed by atoms with E-state index in [2.05, 4.69) is 21.9 Å². The third kappa shape index (κ3) is 4.59. The highest BCUT2D eigenvalue weighted by Crippen LogP contribution is 2.21. The lowest BCUT2D eigenvalue weighted by Gasteiger charge is -2.04. The van der Waals surface area contributed by atoms with Gasteiger partial charge < -0.3 is 9.73 Å². The zero-order valence-electron chi connectivity index (χ0n) is 12.6. The van der Waals surface area contributed by atoms with Crippen LogP contribution in [-0.2, 0) is 17.1 Å². The Kier molecular flexibility index (Phi) is 5.89. The van der Waals surface area contributed by atoms with Gasteiger partial charge in [0.05, 0.1) is 4.88 Å². The van der Waals surface area contributed by atoms with Crippen molar-refractivity contribution in [3.63, 3.8) is 0 Å². The Hall–Kier alpha value is -1.84. The van der Waals surface area contributed by atoms with Crippen LogP contribution in [0.25, 0.3) is 10.8 Å².